The first-order valence-corrected chi connectivity index (χ1v) is 31.5. The van der Waals surface area contributed by atoms with Crippen molar-refractivity contribution in [3.63, 3.8) is 0 Å². The maximum Gasteiger partial charge on any atom is 0.412 e. The number of benzene rings is 2. The Balaban J connectivity index is 1.30. The van der Waals surface area contributed by atoms with Gasteiger partial charge in [-0.1, -0.05) is 116 Å². The molecule has 2 aromatic carbocycles. The smallest absolute Gasteiger partial charge is 0.412 e. The number of nitrogens with zero attached hydrogens (tertiary/aromatic N) is 1. The van der Waals surface area contributed by atoms with Crippen LogP contribution < -0.4 is 26.6 Å². The first-order chi connectivity index (χ1) is 39.1. The fourth-order valence-corrected chi connectivity index (χ4v) is 13.0. The molecule has 3 aliphatic heterocycles. The molecular weight excluding hydrogens is 1290 g/mol. The van der Waals surface area contributed by atoms with Crippen LogP contribution in [0.2, 0.25) is 5.02 Å². The van der Waals surface area contributed by atoms with Gasteiger partial charge < -0.3 is 50.1 Å². The molecule has 2 aromatic rings. The maximum atomic E-state index is 14.4. The molecule has 83 heavy (non-hydrogen) atoms. The van der Waals surface area contributed by atoms with Crippen LogP contribution in [-0.4, -0.2) is 132 Å². The summed E-state index contributed by atoms with van der Waals surface area (Å²) in [5.41, 5.74) is 6.21. The second-order valence-electron chi connectivity index (χ2n) is 22.8. The first kappa shape index (κ1) is 69.1. The molecule has 5 rings (SSSR count). The number of ketones is 2. The van der Waals surface area contributed by atoms with Crippen LogP contribution in [-0.2, 0) is 65.3 Å². The monoisotopic (exact) mass is 1370 g/mol. The number of esters is 2. The Morgan fingerprint density at radius 3 is 2.37 bits per heavy atom. The molecule has 2 fully saturated rings. The molecule has 5 amide bonds. The maximum absolute atomic E-state index is 14.4. The molecule has 2 saturated heterocycles. The number of urea groups is 1. The average Bonchev–Trinajstić information content (AvgIpc) is 3.93. The van der Waals surface area contributed by atoms with Crippen molar-refractivity contribution in [1.29, 1.82) is 0 Å². The zero-order valence-electron chi connectivity index (χ0n) is 48.8. The Morgan fingerprint density at radius 1 is 1.01 bits per heavy atom. The third kappa shape index (κ3) is 19.7. The molecule has 4 bridgehead atoms. The number of nitrogens with one attached hydrogen (secondary N) is 3. The third-order valence-corrected chi connectivity index (χ3v) is 18.5. The number of anilines is 2. The number of fused-ring (bicyclic) bond motifs is 5. The number of ether oxygens (including phenoxy) is 5. The number of halogens is 4. The van der Waals surface area contributed by atoms with Gasteiger partial charge in [0.1, 0.15) is 35.3 Å². The number of alkyl halides is 2. The van der Waals surface area contributed by atoms with Crippen LogP contribution in [0, 0.1) is 30.6 Å². The van der Waals surface area contributed by atoms with Crippen LogP contribution in [0.3, 0.4) is 0 Å². The number of primary amides is 1. The zero-order chi connectivity index (χ0) is 61.5. The van der Waals surface area contributed by atoms with Crippen LogP contribution in [0.25, 0.3) is 0 Å². The van der Waals surface area contributed by atoms with E-state index in [-0.39, 0.29) is 92.7 Å². The van der Waals surface area contributed by atoms with E-state index in [9.17, 15) is 43.5 Å². The molecule has 458 valence electrons. The molecule has 0 aromatic heterocycles. The van der Waals surface area contributed by atoms with Crippen molar-refractivity contribution in [2.24, 2.45) is 29.4 Å². The van der Waals surface area contributed by atoms with E-state index in [1.165, 1.54) is 12.0 Å². The van der Waals surface area contributed by atoms with Gasteiger partial charge in [0.15, 0.2) is 5.78 Å². The lowest BCUT2D eigenvalue weighted by atomic mass is 9.78. The van der Waals surface area contributed by atoms with Gasteiger partial charge in [0.25, 0.3) is 0 Å². The Labute approximate surface area is 517 Å². The largest absolute Gasteiger partial charge is 0.462 e. The second-order valence-corrected chi connectivity index (χ2v) is 25.3. The summed E-state index contributed by atoms with van der Waals surface area (Å²) in [4.78, 5) is 108. The Hall–Kier alpha value is -4.71. The number of nitrogens with two attached hydrogens (primary N) is 1. The number of carbonyl (C=O) groups excluding carboxylic acids is 8. The summed E-state index contributed by atoms with van der Waals surface area (Å²) in [6.07, 6.45) is 2.65. The molecule has 0 radical (unpaired) electrons. The molecule has 0 spiro atoms. The molecule has 23 heteroatoms. The minimum absolute atomic E-state index is 0.0151. The number of hydrogen-bond acceptors (Lipinski definition) is 14. The van der Waals surface area contributed by atoms with Crippen molar-refractivity contribution in [1.82, 2.24) is 10.6 Å². The number of Topliss-reactive ketones (excluding diaryl/α,β-unsaturated/α-hetero) is 2. The van der Waals surface area contributed by atoms with Gasteiger partial charge in [-0.25, -0.2) is 9.59 Å². The molecule has 10 atom stereocenters. The lowest BCUT2D eigenvalue weighted by molar-refractivity contribution is -0.187. The number of hydrogen-bond donors (Lipinski definition) is 5. The van der Waals surface area contributed by atoms with E-state index in [1.54, 1.807) is 51.2 Å². The Morgan fingerprint density at radius 2 is 1.72 bits per heavy atom. The van der Waals surface area contributed by atoms with E-state index in [0.29, 0.717) is 63.5 Å². The Kier molecular flexibility index (Phi) is 26.3. The predicted molar refractivity (Wildman–Crippen MR) is 327 cm³/mol. The molecular formula is C60H81Br3ClN5O14. The molecule has 1 unspecified atom stereocenters. The standard InChI is InChI=1S/C60H81Br3ClN5O14/c1-33(2)43(27-42(70)16-11-10-15-36(5)80-56(75)40(31-61)32-62)55(74)68-45(17-13-21-66-57(65)76)47(71)25-39-19-20-41(26-44(39)63)67-58(77)82-50-28-51(72)69(8)46-24-38(23-35(4)53(46)64)22-34(3)14-12-18-49(79-9)60(78)29-48(81-52(73)30-60)37(6)54-59(50,7)83-54/h12,14,18-20,23-24,26,33,36-37,40,43,45,48-50,54,78H,10-11,13,15-17,21-22,25,27-32H2,1-9H3,(H,67,77)(H,68,74)(H3,65,66,76)/b18-12+,34-14+/t36?,37-,43+,45+,48+,49-,50+,54+,59+,60-/m1/s1. The lowest BCUT2D eigenvalue weighted by Crippen LogP contribution is -2.53. The van der Waals surface area contributed by atoms with Crippen LogP contribution in [0.15, 0.2) is 58.6 Å². The first-order valence-electron chi connectivity index (χ1n) is 28.1. The van der Waals surface area contributed by atoms with Crippen molar-refractivity contribution in [3.05, 3.63) is 80.3 Å². The number of rotatable bonds is 24. The van der Waals surface area contributed by atoms with E-state index in [0.717, 1.165) is 16.7 Å². The van der Waals surface area contributed by atoms with Crippen LogP contribution in [0.5, 0.6) is 0 Å². The highest BCUT2D eigenvalue weighted by atomic mass is 79.9. The summed E-state index contributed by atoms with van der Waals surface area (Å²) >= 11 is 17.1. The van der Waals surface area contributed by atoms with E-state index in [1.807, 2.05) is 52.8 Å². The third-order valence-electron chi connectivity index (χ3n) is 15.7. The summed E-state index contributed by atoms with van der Waals surface area (Å²) in [6.45, 7) is 12.9. The number of unbranched alkanes of at least 4 members (excludes halogenated alkanes) is 1. The molecule has 6 N–H and O–H groups in total. The molecule has 0 aliphatic carbocycles. The van der Waals surface area contributed by atoms with E-state index in [2.05, 4.69) is 63.7 Å². The Bertz CT molecular complexity index is 2740. The minimum Gasteiger partial charge on any atom is -0.462 e. The topological polar surface area (TPSA) is 272 Å². The molecule has 3 heterocycles. The van der Waals surface area contributed by atoms with Crippen LogP contribution in [0.4, 0.5) is 21.0 Å². The minimum atomic E-state index is -1.63. The zero-order valence-corrected chi connectivity index (χ0v) is 54.3. The lowest BCUT2D eigenvalue weighted by Gasteiger charge is -2.41. The highest BCUT2D eigenvalue weighted by molar-refractivity contribution is 9.10. The van der Waals surface area contributed by atoms with Crippen molar-refractivity contribution in [2.75, 3.05) is 41.6 Å². The van der Waals surface area contributed by atoms with E-state index in [4.69, 9.17) is 41.0 Å². The summed E-state index contributed by atoms with van der Waals surface area (Å²) < 4.78 is 30.0. The number of epoxide rings is 1. The van der Waals surface area contributed by atoms with Gasteiger partial charge in [-0.3, -0.25) is 34.1 Å². The summed E-state index contributed by atoms with van der Waals surface area (Å²) in [5.74, 6) is -4.10. The van der Waals surface area contributed by atoms with Gasteiger partial charge in [0, 0.05) is 79.0 Å². The number of amides is 5. The van der Waals surface area contributed by atoms with Gasteiger partial charge in [0.2, 0.25) is 11.8 Å². The predicted octanol–water partition coefficient (Wildman–Crippen LogP) is 9.86. The SMILES string of the molecule is CO[C@@H]1/C=C/C=C(\C)Cc2cc(C)c(Cl)c(c2)N(C)C(=O)C[C@H](OC(=O)Nc2ccc(CC(=O)[C@H](CCCNC(N)=O)NC(=O)[C@@H](CC(=O)CCCCC(C)OC(=O)C(CBr)CBr)C(C)C)c(Br)c2)[C@]2(C)O[C@H]2[C@H](C)[C@@H]2C[C@@]1(O)CC(=O)O2. The summed E-state index contributed by atoms with van der Waals surface area (Å²) in [7, 11) is 3.05. The highest BCUT2D eigenvalue weighted by Crippen LogP contribution is 2.50. The van der Waals surface area contributed by atoms with Gasteiger partial charge in [0.05, 0.1) is 47.7 Å². The van der Waals surface area contributed by atoms with Gasteiger partial charge in [-0.2, -0.15) is 0 Å². The van der Waals surface area contributed by atoms with Crippen molar-refractivity contribution in [3.8, 4) is 0 Å². The molecule has 0 saturated carbocycles. The second kappa shape index (κ2) is 31.6. The van der Waals surface area contributed by atoms with Crippen molar-refractivity contribution >= 4 is 118 Å². The summed E-state index contributed by atoms with van der Waals surface area (Å²) in [6, 6.07) is 6.81. The number of aryl methyl sites for hydroxylation is 1. The quantitative estimate of drug-likeness (QED) is 0.0215. The number of carbonyl (C=O) groups is 8. The average molecular weight is 1370 g/mol. The normalized spacial score (nSPS) is 24.9. The number of methoxy groups -OCH3 is 1. The van der Waals surface area contributed by atoms with Gasteiger partial charge >= 0.3 is 24.1 Å². The van der Waals surface area contributed by atoms with E-state index >= 15 is 0 Å². The van der Waals surface area contributed by atoms with Crippen molar-refractivity contribution in [2.45, 2.75) is 173 Å². The van der Waals surface area contributed by atoms with Gasteiger partial charge in [-0.15, -0.1) is 0 Å². The molecule has 3 aliphatic rings. The van der Waals surface area contributed by atoms with E-state index < -0.39 is 83.4 Å². The number of allylic oxidation sites excluding steroid dienone is 3. The van der Waals surface area contributed by atoms with Gasteiger partial charge in [-0.05, 0) is 107 Å². The van der Waals surface area contributed by atoms with Crippen LogP contribution in [0.1, 0.15) is 122 Å². The summed E-state index contributed by atoms with van der Waals surface area (Å²) in [5, 5.41) is 21.5. The fraction of sp³-hybridized carbons (Fsp3) is 0.600. The molecule has 19 nitrogen and oxygen atoms in total. The van der Waals surface area contributed by atoms with Crippen LogP contribution >= 0.6 is 59.4 Å². The fourth-order valence-electron chi connectivity index (χ4n) is 10.6. The number of aliphatic hydroxyl groups is 1. The van der Waals surface area contributed by atoms with Crippen molar-refractivity contribution < 1.29 is 67.1 Å². The highest BCUT2D eigenvalue weighted by Gasteiger charge is 2.64.